The Morgan fingerprint density at radius 1 is 1.55 bits per heavy atom. The zero-order valence-corrected chi connectivity index (χ0v) is 12.1. The Morgan fingerprint density at radius 3 is 2.90 bits per heavy atom. The molecule has 0 spiro atoms. The fourth-order valence-electron chi connectivity index (χ4n) is 2.36. The van der Waals surface area contributed by atoms with Crippen molar-refractivity contribution in [2.75, 3.05) is 31.5 Å². The Morgan fingerprint density at radius 2 is 2.25 bits per heavy atom. The molecule has 0 radical (unpaired) electrons. The molecular weight excluding hydrogens is 282 g/mol. The minimum atomic E-state index is -0.510. The van der Waals surface area contributed by atoms with Crippen LogP contribution in [0.2, 0.25) is 5.28 Å². The number of nitro groups is 1. The average molecular weight is 300 g/mol. The van der Waals surface area contributed by atoms with Gasteiger partial charge < -0.3 is 10.2 Å². The predicted octanol–water partition coefficient (Wildman–Crippen LogP) is 2.18. The van der Waals surface area contributed by atoms with Crippen LogP contribution in [-0.2, 0) is 0 Å². The molecule has 0 bridgehead atoms. The zero-order valence-electron chi connectivity index (χ0n) is 11.4. The topological polar surface area (TPSA) is 84.2 Å². The number of aromatic nitrogens is 2. The van der Waals surface area contributed by atoms with E-state index in [1.807, 2.05) is 0 Å². The molecule has 1 aromatic rings. The van der Waals surface area contributed by atoms with E-state index in [-0.39, 0.29) is 16.8 Å². The van der Waals surface area contributed by atoms with Gasteiger partial charge in [0.2, 0.25) is 11.1 Å². The second-order valence-electron chi connectivity index (χ2n) is 5.12. The molecule has 0 saturated carbocycles. The van der Waals surface area contributed by atoms with Crippen LogP contribution >= 0.6 is 11.6 Å². The first kappa shape index (κ1) is 14.9. The quantitative estimate of drug-likeness (QED) is 0.492. The van der Waals surface area contributed by atoms with Crippen molar-refractivity contribution in [1.82, 2.24) is 14.9 Å². The molecule has 1 aliphatic heterocycles. The van der Waals surface area contributed by atoms with Crippen molar-refractivity contribution in [2.24, 2.45) is 5.92 Å². The van der Waals surface area contributed by atoms with E-state index in [4.69, 9.17) is 11.6 Å². The number of nitrogens with one attached hydrogen (secondary N) is 1. The molecule has 2 rings (SSSR count). The molecule has 1 aromatic heterocycles. The third-order valence-corrected chi connectivity index (χ3v) is 3.51. The van der Waals surface area contributed by atoms with Gasteiger partial charge in [0.05, 0.1) is 4.92 Å². The highest BCUT2D eigenvalue weighted by molar-refractivity contribution is 6.28. The predicted molar refractivity (Wildman–Crippen MR) is 77.0 cm³/mol. The smallest absolute Gasteiger partial charge is 0.329 e. The molecule has 0 aliphatic carbocycles. The Labute approximate surface area is 122 Å². The van der Waals surface area contributed by atoms with Crippen LogP contribution in [0.5, 0.6) is 0 Å². The van der Waals surface area contributed by atoms with E-state index in [9.17, 15) is 10.1 Å². The van der Waals surface area contributed by atoms with Crippen molar-refractivity contribution < 1.29 is 4.92 Å². The maximum Gasteiger partial charge on any atom is 0.329 e. The highest BCUT2D eigenvalue weighted by Crippen LogP contribution is 2.22. The van der Waals surface area contributed by atoms with Gasteiger partial charge in [0.1, 0.15) is 6.20 Å². The SMILES string of the molecule is CC(CNc1nc(Cl)ncc1[N+](=O)[O-])CN1CCCC1. The van der Waals surface area contributed by atoms with Crippen molar-refractivity contribution in [2.45, 2.75) is 19.8 Å². The van der Waals surface area contributed by atoms with E-state index in [0.717, 1.165) is 25.8 Å². The van der Waals surface area contributed by atoms with Gasteiger partial charge in [-0.05, 0) is 43.5 Å². The van der Waals surface area contributed by atoms with Gasteiger partial charge in [0, 0.05) is 13.1 Å². The van der Waals surface area contributed by atoms with Crippen molar-refractivity contribution in [3.05, 3.63) is 21.6 Å². The minimum Gasteiger partial charge on any atom is -0.364 e. The Balaban J connectivity index is 1.92. The van der Waals surface area contributed by atoms with Gasteiger partial charge in [-0.2, -0.15) is 4.98 Å². The summed E-state index contributed by atoms with van der Waals surface area (Å²) in [7, 11) is 0. The van der Waals surface area contributed by atoms with Crippen molar-refractivity contribution >= 4 is 23.1 Å². The molecular formula is C12H18ClN5O2. The summed E-state index contributed by atoms with van der Waals surface area (Å²) < 4.78 is 0. The third kappa shape index (κ3) is 4.01. The highest BCUT2D eigenvalue weighted by atomic mass is 35.5. The van der Waals surface area contributed by atoms with Gasteiger partial charge >= 0.3 is 5.69 Å². The average Bonchev–Trinajstić information content (AvgIpc) is 2.89. The first-order valence-electron chi connectivity index (χ1n) is 6.69. The molecule has 7 nitrogen and oxygen atoms in total. The zero-order chi connectivity index (χ0) is 14.5. The van der Waals surface area contributed by atoms with Gasteiger partial charge in [0.15, 0.2) is 0 Å². The molecule has 8 heteroatoms. The Hall–Kier alpha value is -1.47. The molecule has 1 atom stereocenters. The molecule has 20 heavy (non-hydrogen) atoms. The summed E-state index contributed by atoms with van der Waals surface area (Å²) >= 11 is 5.68. The van der Waals surface area contributed by atoms with Crippen LogP contribution in [0.4, 0.5) is 11.5 Å². The summed E-state index contributed by atoms with van der Waals surface area (Å²) in [5.74, 6) is 0.560. The maximum atomic E-state index is 10.9. The molecule has 0 aromatic carbocycles. The lowest BCUT2D eigenvalue weighted by atomic mass is 10.1. The lowest BCUT2D eigenvalue weighted by Gasteiger charge is -2.20. The molecule has 0 amide bonds. The summed E-state index contributed by atoms with van der Waals surface area (Å²) in [6, 6.07) is 0. The number of rotatable bonds is 6. The monoisotopic (exact) mass is 299 g/mol. The van der Waals surface area contributed by atoms with Crippen LogP contribution < -0.4 is 5.32 Å². The third-order valence-electron chi connectivity index (χ3n) is 3.32. The Bertz CT molecular complexity index is 479. The van der Waals surface area contributed by atoms with Gasteiger partial charge in [0.25, 0.3) is 0 Å². The minimum absolute atomic E-state index is 0.00490. The molecule has 1 saturated heterocycles. The molecule has 1 unspecified atom stereocenters. The molecule has 2 heterocycles. The highest BCUT2D eigenvalue weighted by Gasteiger charge is 2.19. The van der Waals surface area contributed by atoms with Gasteiger partial charge in [-0.15, -0.1) is 0 Å². The molecule has 1 N–H and O–H groups in total. The van der Waals surface area contributed by atoms with Crippen LogP contribution in [0.3, 0.4) is 0 Å². The van der Waals surface area contributed by atoms with Crippen LogP contribution in [0, 0.1) is 16.0 Å². The standard InChI is InChI=1S/C12H18ClN5O2/c1-9(8-17-4-2-3-5-17)6-14-11-10(18(19)20)7-15-12(13)16-11/h7,9H,2-6,8H2,1H3,(H,14,15,16). The van der Waals surface area contributed by atoms with Gasteiger partial charge in [-0.3, -0.25) is 10.1 Å². The number of likely N-dealkylation sites (tertiary alicyclic amines) is 1. The second-order valence-corrected chi connectivity index (χ2v) is 5.46. The number of hydrogen-bond donors (Lipinski definition) is 1. The van der Waals surface area contributed by atoms with Gasteiger partial charge in [-0.25, -0.2) is 4.98 Å². The second kappa shape index (κ2) is 6.81. The lowest BCUT2D eigenvalue weighted by Crippen LogP contribution is -2.29. The maximum absolute atomic E-state index is 10.9. The summed E-state index contributed by atoms with van der Waals surface area (Å²) in [6.07, 6.45) is 3.64. The van der Waals surface area contributed by atoms with E-state index < -0.39 is 4.92 Å². The Kier molecular flexibility index (Phi) is 5.08. The van der Waals surface area contributed by atoms with E-state index in [1.54, 1.807) is 0 Å². The van der Waals surface area contributed by atoms with Crippen LogP contribution in [0.1, 0.15) is 19.8 Å². The molecule has 1 aliphatic rings. The lowest BCUT2D eigenvalue weighted by molar-refractivity contribution is -0.384. The fourth-order valence-corrected chi connectivity index (χ4v) is 2.49. The normalized spacial score (nSPS) is 17.1. The first-order chi connectivity index (χ1) is 9.56. The number of nitrogens with zero attached hydrogens (tertiary/aromatic N) is 4. The van der Waals surface area contributed by atoms with Crippen LogP contribution in [-0.4, -0.2) is 46.0 Å². The van der Waals surface area contributed by atoms with Crippen molar-refractivity contribution in [3.63, 3.8) is 0 Å². The molecule has 1 fully saturated rings. The fraction of sp³-hybridized carbons (Fsp3) is 0.667. The van der Waals surface area contributed by atoms with E-state index >= 15 is 0 Å². The van der Waals surface area contributed by atoms with Crippen molar-refractivity contribution in [1.29, 1.82) is 0 Å². The van der Waals surface area contributed by atoms with E-state index in [0.29, 0.717) is 12.5 Å². The first-order valence-corrected chi connectivity index (χ1v) is 7.07. The van der Waals surface area contributed by atoms with Crippen LogP contribution in [0.25, 0.3) is 0 Å². The van der Waals surface area contributed by atoms with Crippen molar-refractivity contribution in [3.8, 4) is 0 Å². The van der Waals surface area contributed by atoms with E-state index in [2.05, 4.69) is 27.1 Å². The summed E-state index contributed by atoms with van der Waals surface area (Å²) in [5.41, 5.74) is -0.150. The number of halogens is 1. The van der Waals surface area contributed by atoms with E-state index in [1.165, 1.54) is 12.8 Å². The summed E-state index contributed by atoms with van der Waals surface area (Å²) in [4.78, 5) is 20.3. The van der Waals surface area contributed by atoms with Gasteiger partial charge in [-0.1, -0.05) is 6.92 Å². The summed E-state index contributed by atoms with van der Waals surface area (Å²) in [6.45, 7) is 6.00. The summed E-state index contributed by atoms with van der Waals surface area (Å²) in [5, 5.41) is 13.9. The number of hydrogen-bond acceptors (Lipinski definition) is 6. The van der Waals surface area contributed by atoms with Crippen LogP contribution in [0.15, 0.2) is 6.20 Å². The molecule has 110 valence electrons. The largest absolute Gasteiger partial charge is 0.364 e. The number of anilines is 1.